The van der Waals surface area contributed by atoms with Gasteiger partial charge in [-0.3, -0.25) is 9.78 Å². The fraction of sp³-hybridized carbons (Fsp3) is 0.250. The van der Waals surface area contributed by atoms with Crippen molar-refractivity contribution < 1.29 is 9.53 Å². The van der Waals surface area contributed by atoms with E-state index in [2.05, 4.69) is 10.3 Å². The van der Waals surface area contributed by atoms with E-state index in [-0.39, 0.29) is 5.91 Å². The van der Waals surface area contributed by atoms with Crippen LogP contribution in [0, 0.1) is 0 Å². The first kappa shape index (κ1) is 15.3. The zero-order valence-electron chi connectivity index (χ0n) is 11.6. The highest BCUT2D eigenvalue weighted by Crippen LogP contribution is 2.23. The molecular formula is C16H17ClN2O2. The van der Waals surface area contributed by atoms with Crippen molar-refractivity contribution in [2.45, 2.75) is 19.4 Å². The van der Waals surface area contributed by atoms with Crippen LogP contribution in [0.5, 0.6) is 5.75 Å². The lowest BCUT2D eigenvalue weighted by molar-refractivity contribution is -0.121. The van der Waals surface area contributed by atoms with Gasteiger partial charge in [0.15, 0.2) is 0 Å². The Morgan fingerprint density at radius 1 is 1.24 bits per heavy atom. The Morgan fingerprint density at radius 2 is 2.10 bits per heavy atom. The minimum absolute atomic E-state index is 0.00149. The van der Waals surface area contributed by atoms with Crippen LogP contribution in [0.1, 0.15) is 18.4 Å². The third-order valence-electron chi connectivity index (χ3n) is 2.85. The van der Waals surface area contributed by atoms with Gasteiger partial charge in [-0.25, -0.2) is 0 Å². The van der Waals surface area contributed by atoms with E-state index in [1.165, 1.54) is 0 Å². The Bertz CT molecular complexity index is 575. The van der Waals surface area contributed by atoms with E-state index < -0.39 is 0 Å². The van der Waals surface area contributed by atoms with Crippen LogP contribution >= 0.6 is 11.6 Å². The smallest absolute Gasteiger partial charge is 0.220 e. The minimum Gasteiger partial charge on any atom is -0.492 e. The molecule has 0 spiro atoms. The van der Waals surface area contributed by atoms with Gasteiger partial charge in [-0.1, -0.05) is 29.8 Å². The minimum atomic E-state index is 0.00149. The van der Waals surface area contributed by atoms with Gasteiger partial charge in [-0.05, 0) is 30.2 Å². The number of ether oxygens (including phenoxy) is 1. The fourth-order valence-corrected chi connectivity index (χ4v) is 1.96. The molecule has 4 nitrogen and oxygen atoms in total. The molecule has 5 heteroatoms. The zero-order chi connectivity index (χ0) is 14.9. The molecule has 1 heterocycles. The molecule has 110 valence electrons. The SMILES string of the molecule is O=C(CCCOc1ccccc1Cl)NCc1cccnc1. The number of carbonyl (C=O) groups is 1. The average molecular weight is 305 g/mol. The molecule has 1 N–H and O–H groups in total. The lowest BCUT2D eigenvalue weighted by atomic mass is 10.2. The molecular weight excluding hydrogens is 288 g/mol. The number of para-hydroxylation sites is 1. The van der Waals surface area contributed by atoms with Crippen molar-refractivity contribution >= 4 is 17.5 Å². The molecule has 2 aromatic rings. The van der Waals surface area contributed by atoms with E-state index in [1.807, 2.05) is 30.3 Å². The van der Waals surface area contributed by atoms with Gasteiger partial charge in [0.2, 0.25) is 5.91 Å². The molecule has 1 amide bonds. The number of benzene rings is 1. The lowest BCUT2D eigenvalue weighted by Gasteiger charge is -2.08. The summed E-state index contributed by atoms with van der Waals surface area (Å²) in [6, 6.07) is 11.1. The number of nitrogens with zero attached hydrogens (tertiary/aromatic N) is 1. The number of rotatable bonds is 7. The third kappa shape index (κ3) is 5.44. The largest absolute Gasteiger partial charge is 0.492 e. The summed E-state index contributed by atoms with van der Waals surface area (Å²) >= 11 is 5.97. The quantitative estimate of drug-likeness (QED) is 0.799. The Balaban J connectivity index is 1.62. The van der Waals surface area contributed by atoms with Crippen LogP contribution in [0.4, 0.5) is 0 Å². The van der Waals surface area contributed by atoms with E-state index in [9.17, 15) is 4.79 Å². The summed E-state index contributed by atoms with van der Waals surface area (Å²) in [5, 5.41) is 3.43. The Hall–Kier alpha value is -2.07. The maximum absolute atomic E-state index is 11.7. The fourth-order valence-electron chi connectivity index (χ4n) is 1.77. The van der Waals surface area contributed by atoms with Crippen molar-refractivity contribution in [2.75, 3.05) is 6.61 Å². The van der Waals surface area contributed by atoms with Crippen molar-refractivity contribution in [1.29, 1.82) is 0 Å². The van der Waals surface area contributed by atoms with E-state index in [0.29, 0.717) is 36.8 Å². The number of hydrogen-bond acceptors (Lipinski definition) is 3. The van der Waals surface area contributed by atoms with Crippen molar-refractivity contribution in [1.82, 2.24) is 10.3 Å². The Labute approximate surface area is 129 Å². The number of hydrogen-bond donors (Lipinski definition) is 1. The summed E-state index contributed by atoms with van der Waals surface area (Å²) in [5.74, 6) is 0.650. The predicted octanol–water partition coefficient (Wildman–Crippen LogP) is 3.21. The molecule has 1 aromatic heterocycles. The first-order chi connectivity index (χ1) is 10.3. The average Bonchev–Trinajstić information content (AvgIpc) is 2.52. The number of aromatic nitrogens is 1. The Morgan fingerprint density at radius 3 is 2.86 bits per heavy atom. The van der Waals surface area contributed by atoms with Crippen LogP contribution in [-0.2, 0) is 11.3 Å². The molecule has 0 aliphatic heterocycles. The highest BCUT2D eigenvalue weighted by Gasteiger charge is 2.03. The molecule has 0 fully saturated rings. The third-order valence-corrected chi connectivity index (χ3v) is 3.17. The molecule has 1 aromatic carbocycles. The number of pyridine rings is 1. The van der Waals surface area contributed by atoms with Crippen LogP contribution in [-0.4, -0.2) is 17.5 Å². The van der Waals surface area contributed by atoms with Gasteiger partial charge in [-0.2, -0.15) is 0 Å². The monoisotopic (exact) mass is 304 g/mol. The molecule has 0 unspecified atom stereocenters. The molecule has 0 saturated carbocycles. The topological polar surface area (TPSA) is 51.2 Å². The number of halogens is 1. The van der Waals surface area contributed by atoms with E-state index >= 15 is 0 Å². The first-order valence-corrected chi connectivity index (χ1v) is 7.16. The molecule has 2 rings (SSSR count). The highest BCUT2D eigenvalue weighted by molar-refractivity contribution is 6.32. The number of nitrogens with one attached hydrogen (secondary N) is 1. The van der Waals surface area contributed by atoms with Crippen molar-refractivity contribution in [3.8, 4) is 5.75 Å². The summed E-state index contributed by atoms with van der Waals surface area (Å²) in [5.41, 5.74) is 0.984. The van der Waals surface area contributed by atoms with Gasteiger partial charge in [0.25, 0.3) is 0 Å². The highest BCUT2D eigenvalue weighted by atomic mass is 35.5. The second kappa shape index (κ2) is 8.27. The summed E-state index contributed by atoms with van der Waals surface area (Å²) in [6.45, 7) is 0.960. The van der Waals surface area contributed by atoms with Crippen LogP contribution in [0.15, 0.2) is 48.8 Å². The maximum atomic E-state index is 11.7. The molecule has 0 saturated heterocycles. The normalized spacial score (nSPS) is 10.1. The van der Waals surface area contributed by atoms with Gasteiger partial charge in [0.05, 0.1) is 11.6 Å². The van der Waals surface area contributed by atoms with Gasteiger partial charge >= 0.3 is 0 Å². The van der Waals surface area contributed by atoms with Crippen LogP contribution in [0.3, 0.4) is 0 Å². The molecule has 21 heavy (non-hydrogen) atoms. The lowest BCUT2D eigenvalue weighted by Crippen LogP contribution is -2.23. The molecule has 0 aliphatic rings. The van der Waals surface area contributed by atoms with Crippen LogP contribution in [0.2, 0.25) is 5.02 Å². The van der Waals surface area contributed by atoms with Gasteiger partial charge in [0, 0.05) is 25.4 Å². The van der Waals surface area contributed by atoms with Crippen LogP contribution < -0.4 is 10.1 Å². The number of amides is 1. The summed E-state index contributed by atoms with van der Waals surface area (Å²) in [6.07, 6.45) is 4.51. The zero-order valence-corrected chi connectivity index (χ0v) is 12.3. The Kier molecular flexibility index (Phi) is 6.03. The van der Waals surface area contributed by atoms with Crippen molar-refractivity contribution in [3.63, 3.8) is 0 Å². The second-order valence-electron chi connectivity index (χ2n) is 4.52. The van der Waals surface area contributed by atoms with E-state index in [1.54, 1.807) is 18.5 Å². The first-order valence-electron chi connectivity index (χ1n) is 6.78. The predicted molar refractivity (Wildman–Crippen MR) is 82.3 cm³/mol. The van der Waals surface area contributed by atoms with Crippen molar-refractivity contribution in [3.05, 3.63) is 59.4 Å². The van der Waals surface area contributed by atoms with Crippen LogP contribution in [0.25, 0.3) is 0 Å². The summed E-state index contributed by atoms with van der Waals surface area (Å²) in [4.78, 5) is 15.7. The van der Waals surface area contributed by atoms with Gasteiger partial charge in [0.1, 0.15) is 5.75 Å². The summed E-state index contributed by atoms with van der Waals surface area (Å²) in [7, 11) is 0. The second-order valence-corrected chi connectivity index (χ2v) is 4.93. The van der Waals surface area contributed by atoms with Gasteiger partial charge in [-0.15, -0.1) is 0 Å². The van der Waals surface area contributed by atoms with Crippen molar-refractivity contribution in [2.24, 2.45) is 0 Å². The van der Waals surface area contributed by atoms with Gasteiger partial charge < -0.3 is 10.1 Å². The molecule has 0 aliphatic carbocycles. The summed E-state index contributed by atoms with van der Waals surface area (Å²) < 4.78 is 5.53. The molecule has 0 radical (unpaired) electrons. The molecule has 0 atom stereocenters. The standard InChI is InChI=1S/C16H17ClN2O2/c17-14-6-1-2-7-15(14)21-10-4-8-16(20)19-12-13-5-3-9-18-11-13/h1-3,5-7,9,11H,4,8,10,12H2,(H,19,20). The van der Waals surface area contributed by atoms with E-state index in [0.717, 1.165) is 5.56 Å². The molecule has 0 bridgehead atoms. The maximum Gasteiger partial charge on any atom is 0.220 e. The van der Waals surface area contributed by atoms with E-state index in [4.69, 9.17) is 16.3 Å². The number of carbonyl (C=O) groups excluding carboxylic acids is 1.